The van der Waals surface area contributed by atoms with Crippen LogP contribution in [0.5, 0.6) is 0 Å². The largest absolute Gasteiger partial charge is 0.392 e. The van der Waals surface area contributed by atoms with Gasteiger partial charge in [-0.2, -0.15) is 0 Å². The normalized spacial score (nSPS) is 12.6. The van der Waals surface area contributed by atoms with Gasteiger partial charge in [0.05, 0.1) is 6.10 Å². The molecule has 0 heterocycles. The third kappa shape index (κ3) is 3.37. The van der Waals surface area contributed by atoms with Crippen molar-refractivity contribution >= 4 is 17.3 Å². The maximum absolute atomic E-state index is 9.38. The maximum atomic E-state index is 9.38. The van der Waals surface area contributed by atoms with Crippen LogP contribution >= 0.6 is 11.6 Å². The van der Waals surface area contributed by atoms with E-state index < -0.39 is 0 Å². The molecule has 0 aromatic heterocycles. The number of hydrogen-bond acceptors (Lipinski definition) is 3. The fourth-order valence-corrected chi connectivity index (χ4v) is 1.99. The molecule has 3 nitrogen and oxygen atoms in total. The minimum absolute atomic E-state index is 0.355. The average Bonchev–Trinajstić information content (AvgIpc) is 2.20. The summed E-state index contributed by atoms with van der Waals surface area (Å²) >= 11 is 6.16. The number of nitrogens with one attached hydrogen (secondary N) is 1. The summed E-state index contributed by atoms with van der Waals surface area (Å²) in [6.45, 7) is 3.09. The number of halogens is 1. The Morgan fingerprint density at radius 1 is 1.50 bits per heavy atom. The van der Waals surface area contributed by atoms with Crippen molar-refractivity contribution in [1.82, 2.24) is 5.32 Å². The number of aliphatic hydroxyl groups is 1. The van der Waals surface area contributed by atoms with Crippen molar-refractivity contribution in [2.75, 3.05) is 25.5 Å². The first kappa shape index (κ1) is 13.3. The fourth-order valence-electron chi connectivity index (χ4n) is 1.75. The Kier molecular flexibility index (Phi) is 5.06. The predicted molar refractivity (Wildman–Crippen MR) is 69.2 cm³/mol. The Labute approximate surface area is 102 Å². The van der Waals surface area contributed by atoms with Crippen LogP contribution in [0, 0.1) is 0 Å². The van der Waals surface area contributed by atoms with Gasteiger partial charge in [-0.3, -0.25) is 0 Å². The second kappa shape index (κ2) is 6.09. The van der Waals surface area contributed by atoms with E-state index in [1.807, 2.05) is 37.2 Å². The first-order chi connectivity index (χ1) is 7.56. The van der Waals surface area contributed by atoms with E-state index in [-0.39, 0.29) is 6.10 Å². The van der Waals surface area contributed by atoms with Crippen molar-refractivity contribution in [3.63, 3.8) is 0 Å². The highest BCUT2D eigenvalue weighted by Crippen LogP contribution is 2.26. The van der Waals surface area contributed by atoms with Crippen LogP contribution in [0.4, 0.5) is 5.69 Å². The van der Waals surface area contributed by atoms with Gasteiger partial charge in [0, 0.05) is 36.4 Å². The van der Waals surface area contributed by atoms with E-state index >= 15 is 0 Å². The Morgan fingerprint density at radius 2 is 2.19 bits per heavy atom. The molecule has 1 aromatic carbocycles. The van der Waals surface area contributed by atoms with Gasteiger partial charge in [-0.1, -0.05) is 17.7 Å². The minimum Gasteiger partial charge on any atom is -0.392 e. The van der Waals surface area contributed by atoms with Gasteiger partial charge in [-0.05, 0) is 26.1 Å². The van der Waals surface area contributed by atoms with Crippen molar-refractivity contribution < 1.29 is 5.11 Å². The second-order valence-corrected chi connectivity index (χ2v) is 4.40. The van der Waals surface area contributed by atoms with Crippen molar-refractivity contribution in [1.29, 1.82) is 0 Å². The van der Waals surface area contributed by atoms with Crippen LogP contribution in [0.1, 0.15) is 12.5 Å². The number of hydrogen-bond donors (Lipinski definition) is 2. The molecule has 0 spiro atoms. The molecule has 0 aliphatic heterocycles. The summed E-state index contributed by atoms with van der Waals surface area (Å²) in [5.74, 6) is 0. The zero-order chi connectivity index (χ0) is 12.1. The summed E-state index contributed by atoms with van der Waals surface area (Å²) in [6.07, 6.45) is -0.355. The molecule has 4 heteroatoms. The molecule has 90 valence electrons. The zero-order valence-electron chi connectivity index (χ0n) is 10.00. The maximum Gasteiger partial charge on any atom is 0.0686 e. The highest BCUT2D eigenvalue weighted by Gasteiger charge is 2.11. The van der Waals surface area contributed by atoms with Crippen LogP contribution in [-0.2, 0) is 6.54 Å². The summed E-state index contributed by atoms with van der Waals surface area (Å²) in [5, 5.41) is 13.2. The third-order valence-electron chi connectivity index (χ3n) is 2.40. The summed E-state index contributed by atoms with van der Waals surface area (Å²) in [4.78, 5) is 2.02. The first-order valence-corrected chi connectivity index (χ1v) is 5.75. The van der Waals surface area contributed by atoms with Crippen molar-refractivity contribution in [3.05, 3.63) is 28.8 Å². The van der Waals surface area contributed by atoms with Gasteiger partial charge in [-0.25, -0.2) is 0 Å². The van der Waals surface area contributed by atoms with E-state index in [1.54, 1.807) is 6.92 Å². The smallest absolute Gasteiger partial charge is 0.0686 e. The van der Waals surface area contributed by atoms with Crippen molar-refractivity contribution in [2.24, 2.45) is 0 Å². The van der Waals surface area contributed by atoms with Crippen LogP contribution < -0.4 is 10.2 Å². The number of anilines is 1. The minimum atomic E-state index is -0.355. The van der Waals surface area contributed by atoms with Crippen molar-refractivity contribution in [2.45, 2.75) is 19.6 Å². The van der Waals surface area contributed by atoms with Crippen LogP contribution in [0.2, 0.25) is 5.02 Å². The van der Waals surface area contributed by atoms with Crippen LogP contribution in [0.3, 0.4) is 0 Å². The van der Waals surface area contributed by atoms with Crippen LogP contribution in [0.25, 0.3) is 0 Å². The van der Waals surface area contributed by atoms with Crippen LogP contribution in [-0.4, -0.2) is 31.9 Å². The molecule has 0 saturated heterocycles. The number of likely N-dealkylation sites (N-methyl/N-ethyl adjacent to an activating group) is 1. The highest BCUT2D eigenvalue weighted by molar-refractivity contribution is 6.31. The molecule has 1 atom stereocenters. The Bertz CT molecular complexity index is 342. The highest BCUT2D eigenvalue weighted by atomic mass is 35.5. The molecule has 1 aromatic rings. The van der Waals surface area contributed by atoms with E-state index in [0.29, 0.717) is 6.54 Å². The topological polar surface area (TPSA) is 35.5 Å². The molecule has 1 unspecified atom stereocenters. The summed E-state index contributed by atoms with van der Waals surface area (Å²) in [5.41, 5.74) is 2.12. The van der Waals surface area contributed by atoms with E-state index in [9.17, 15) is 5.11 Å². The molecule has 0 fully saturated rings. The van der Waals surface area contributed by atoms with E-state index in [4.69, 9.17) is 11.6 Å². The monoisotopic (exact) mass is 242 g/mol. The van der Waals surface area contributed by atoms with Gasteiger partial charge >= 0.3 is 0 Å². The lowest BCUT2D eigenvalue weighted by molar-refractivity contribution is 0.201. The lowest BCUT2D eigenvalue weighted by atomic mass is 10.1. The van der Waals surface area contributed by atoms with Crippen LogP contribution in [0.15, 0.2) is 18.2 Å². The number of benzene rings is 1. The Hall–Kier alpha value is -0.770. The molecule has 0 amide bonds. The quantitative estimate of drug-likeness (QED) is 0.828. The fraction of sp³-hybridized carbons (Fsp3) is 0.500. The zero-order valence-corrected chi connectivity index (χ0v) is 10.8. The van der Waals surface area contributed by atoms with Gasteiger partial charge in [0.25, 0.3) is 0 Å². The molecule has 0 aliphatic carbocycles. The molecule has 16 heavy (non-hydrogen) atoms. The summed E-state index contributed by atoms with van der Waals surface area (Å²) < 4.78 is 0. The second-order valence-electron chi connectivity index (χ2n) is 4.00. The Balaban J connectivity index is 2.97. The van der Waals surface area contributed by atoms with Gasteiger partial charge in [0.15, 0.2) is 0 Å². The van der Waals surface area contributed by atoms with E-state index in [1.165, 1.54) is 0 Å². The predicted octanol–water partition coefficient (Wildman–Crippen LogP) is 1.88. The van der Waals surface area contributed by atoms with Gasteiger partial charge < -0.3 is 15.3 Å². The number of aliphatic hydroxyl groups excluding tert-OH is 1. The summed E-state index contributed by atoms with van der Waals surface area (Å²) in [6, 6.07) is 5.82. The molecule has 0 bridgehead atoms. The lowest BCUT2D eigenvalue weighted by Crippen LogP contribution is -2.28. The molecular weight excluding hydrogens is 224 g/mol. The summed E-state index contributed by atoms with van der Waals surface area (Å²) in [7, 11) is 3.85. The molecular formula is C12H19ClN2O. The number of rotatable bonds is 5. The van der Waals surface area contributed by atoms with Gasteiger partial charge in [-0.15, -0.1) is 0 Å². The molecule has 0 saturated carbocycles. The number of nitrogens with zero attached hydrogens (tertiary/aromatic N) is 1. The molecule has 0 radical (unpaired) electrons. The standard InChI is InChI=1S/C12H19ClN2O/c1-9(16)8-15(3)12-6-4-5-11(13)10(12)7-14-2/h4-6,9,14,16H,7-8H2,1-3H3. The molecule has 2 N–H and O–H groups in total. The SMILES string of the molecule is CNCc1c(Cl)cccc1N(C)CC(C)O. The average molecular weight is 243 g/mol. The Morgan fingerprint density at radius 3 is 2.75 bits per heavy atom. The molecule has 1 rings (SSSR count). The van der Waals surface area contributed by atoms with Gasteiger partial charge in [0.1, 0.15) is 0 Å². The van der Waals surface area contributed by atoms with Gasteiger partial charge in [0.2, 0.25) is 0 Å². The lowest BCUT2D eigenvalue weighted by Gasteiger charge is -2.24. The van der Waals surface area contributed by atoms with E-state index in [0.717, 1.165) is 22.8 Å². The first-order valence-electron chi connectivity index (χ1n) is 5.37. The third-order valence-corrected chi connectivity index (χ3v) is 2.75. The van der Waals surface area contributed by atoms with E-state index in [2.05, 4.69) is 5.32 Å². The van der Waals surface area contributed by atoms with Crippen molar-refractivity contribution in [3.8, 4) is 0 Å². The molecule has 0 aliphatic rings.